The predicted octanol–water partition coefficient (Wildman–Crippen LogP) is 1.23. The van der Waals surface area contributed by atoms with Crippen LogP contribution in [0.5, 0.6) is 0 Å². The Balaban J connectivity index is 1.47. The number of amides is 1. The Hall–Kier alpha value is -1.79. The highest BCUT2D eigenvalue weighted by molar-refractivity contribution is 6.36. The zero-order chi connectivity index (χ0) is 14.2. The van der Waals surface area contributed by atoms with Crippen LogP contribution in [0.4, 0.5) is 4.79 Å². The molecule has 2 heterocycles. The number of ether oxygens (including phenoxy) is 1. The van der Waals surface area contributed by atoms with Crippen LogP contribution < -0.4 is 0 Å². The van der Waals surface area contributed by atoms with Gasteiger partial charge in [0.15, 0.2) is 5.71 Å². The van der Waals surface area contributed by atoms with Crippen molar-refractivity contribution >= 4 is 17.8 Å². The molecule has 2 aliphatic heterocycles. The highest BCUT2D eigenvalue weighted by Crippen LogP contribution is 2.35. The first-order chi connectivity index (χ1) is 9.58. The van der Waals surface area contributed by atoms with E-state index < -0.39 is 11.6 Å². The molecule has 1 spiro atoms. The number of rotatable bonds is 3. The third-order valence-electron chi connectivity index (χ3n) is 4.16. The molecule has 2 fully saturated rings. The van der Waals surface area contributed by atoms with Crippen molar-refractivity contribution in [3.05, 3.63) is 0 Å². The molecule has 0 bridgehead atoms. The standard InChI is InChI=1S/C13H18N2O5/c16-11(17)10-7-13(20-14-10)3-5-15(6-4-13)12(18)19-8-9-1-2-9/h9H,1-8H2,(H,16,17). The fourth-order valence-electron chi connectivity index (χ4n) is 2.57. The van der Waals surface area contributed by atoms with Crippen molar-refractivity contribution in [2.75, 3.05) is 19.7 Å². The van der Waals surface area contributed by atoms with Crippen LogP contribution in [-0.4, -0.2) is 53.1 Å². The van der Waals surface area contributed by atoms with Crippen molar-refractivity contribution in [2.45, 2.75) is 37.7 Å². The van der Waals surface area contributed by atoms with Crippen LogP contribution in [0.15, 0.2) is 5.16 Å². The van der Waals surface area contributed by atoms with Crippen LogP contribution in [-0.2, 0) is 14.4 Å². The van der Waals surface area contributed by atoms with Gasteiger partial charge in [0.1, 0.15) is 5.60 Å². The first-order valence-corrected chi connectivity index (χ1v) is 6.98. The van der Waals surface area contributed by atoms with E-state index >= 15 is 0 Å². The molecule has 20 heavy (non-hydrogen) atoms. The molecule has 1 amide bonds. The SMILES string of the molecule is O=C(O)C1=NOC2(CCN(C(=O)OCC3CC3)CC2)C1. The molecule has 110 valence electrons. The van der Waals surface area contributed by atoms with Crippen LogP contribution >= 0.6 is 0 Å². The van der Waals surface area contributed by atoms with E-state index in [9.17, 15) is 9.59 Å². The highest BCUT2D eigenvalue weighted by Gasteiger charge is 2.44. The zero-order valence-electron chi connectivity index (χ0n) is 11.2. The number of hydrogen-bond donors (Lipinski definition) is 1. The van der Waals surface area contributed by atoms with Gasteiger partial charge in [-0.05, 0) is 18.8 Å². The predicted molar refractivity (Wildman–Crippen MR) is 68.4 cm³/mol. The molecular weight excluding hydrogens is 264 g/mol. The Morgan fingerprint density at radius 2 is 2.10 bits per heavy atom. The molecule has 1 saturated heterocycles. The summed E-state index contributed by atoms with van der Waals surface area (Å²) >= 11 is 0. The van der Waals surface area contributed by atoms with Gasteiger partial charge in [0.25, 0.3) is 0 Å². The number of carbonyl (C=O) groups is 2. The lowest BCUT2D eigenvalue weighted by atomic mass is 9.87. The third kappa shape index (κ3) is 2.71. The van der Waals surface area contributed by atoms with E-state index in [2.05, 4.69) is 5.16 Å². The first-order valence-electron chi connectivity index (χ1n) is 6.98. The van der Waals surface area contributed by atoms with Crippen molar-refractivity contribution in [1.29, 1.82) is 0 Å². The average Bonchev–Trinajstić information content (AvgIpc) is 3.18. The summed E-state index contributed by atoms with van der Waals surface area (Å²) in [5, 5.41) is 12.5. The second-order valence-electron chi connectivity index (χ2n) is 5.80. The van der Waals surface area contributed by atoms with Gasteiger partial charge in [-0.25, -0.2) is 9.59 Å². The molecular formula is C13H18N2O5. The molecule has 7 nitrogen and oxygen atoms in total. The summed E-state index contributed by atoms with van der Waals surface area (Å²) < 4.78 is 5.24. The summed E-state index contributed by atoms with van der Waals surface area (Å²) in [6, 6.07) is 0. The molecule has 1 N–H and O–H groups in total. The van der Waals surface area contributed by atoms with Gasteiger partial charge in [0.2, 0.25) is 0 Å². The van der Waals surface area contributed by atoms with Gasteiger partial charge in [-0.3, -0.25) is 0 Å². The topological polar surface area (TPSA) is 88.4 Å². The molecule has 0 unspecified atom stereocenters. The highest BCUT2D eigenvalue weighted by atomic mass is 16.7. The maximum Gasteiger partial charge on any atom is 0.409 e. The maximum atomic E-state index is 11.8. The molecule has 0 aromatic heterocycles. The van der Waals surface area contributed by atoms with Gasteiger partial charge in [-0.2, -0.15) is 0 Å². The lowest BCUT2D eigenvalue weighted by Crippen LogP contribution is -2.47. The Kier molecular flexibility index (Phi) is 3.27. The van der Waals surface area contributed by atoms with E-state index in [-0.39, 0.29) is 11.8 Å². The largest absolute Gasteiger partial charge is 0.477 e. The Morgan fingerprint density at radius 3 is 2.65 bits per heavy atom. The van der Waals surface area contributed by atoms with E-state index in [1.54, 1.807) is 4.90 Å². The number of oxime groups is 1. The van der Waals surface area contributed by atoms with Crippen molar-refractivity contribution < 1.29 is 24.3 Å². The first kappa shape index (κ1) is 13.2. The van der Waals surface area contributed by atoms with Crippen LogP contribution in [0.3, 0.4) is 0 Å². The number of carboxylic acids is 1. The molecule has 0 radical (unpaired) electrons. The number of nitrogens with zero attached hydrogens (tertiary/aromatic N) is 2. The number of likely N-dealkylation sites (tertiary alicyclic amines) is 1. The third-order valence-corrected chi connectivity index (χ3v) is 4.16. The maximum absolute atomic E-state index is 11.8. The van der Waals surface area contributed by atoms with Crippen LogP contribution in [0.1, 0.15) is 32.1 Å². The molecule has 1 aliphatic carbocycles. The number of carbonyl (C=O) groups excluding carboxylic acids is 1. The van der Waals surface area contributed by atoms with Crippen molar-refractivity contribution in [2.24, 2.45) is 11.1 Å². The minimum absolute atomic E-state index is 0.0646. The summed E-state index contributed by atoms with van der Waals surface area (Å²) in [6.07, 6.45) is 3.52. The minimum atomic E-state index is -1.03. The summed E-state index contributed by atoms with van der Waals surface area (Å²) in [7, 11) is 0. The van der Waals surface area contributed by atoms with Crippen LogP contribution in [0, 0.1) is 5.92 Å². The lowest BCUT2D eigenvalue weighted by Gasteiger charge is -2.36. The van der Waals surface area contributed by atoms with Gasteiger partial charge in [-0.15, -0.1) is 0 Å². The molecule has 1 saturated carbocycles. The van der Waals surface area contributed by atoms with Gasteiger partial charge < -0.3 is 19.6 Å². The van der Waals surface area contributed by atoms with Gasteiger partial charge in [0.05, 0.1) is 6.61 Å². The molecule has 0 atom stereocenters. The summed E-state index contributed by atoms with van der Waals surface area (Å²) in [5.41, 5.74) is -0.476. The molecule has 3 rings (SSSR count). The zero-order valence-corrected chi connectivity index (χ0v) is 11.2. The van der Waals surface area contributed by atoms with E-state index in [4.69, 9.17) is 14.7 Å². The van der Waals surface area contributed by atoms with Gasteiger partial charge in [-0.1, -0.05) is 5.16 Å². The molecule has 7 heteroatoms. The fourth-order valence-corrected chi connectivity index (χ4v) is 2.57. The summed E-state index contributed by atoms with van der Waals surface area (Å²) in [6.45, 7) is 1.56. The second kappa shape index (κ2) is 4.96. The fraction of sp³-hybridized carbons (Fsp3) is 0.769. The van der Waals surface area contributed by atoms with Crippen molar-refractivity contribution in [3.63, 3.8) is 0 Å². The number of piperidine rings is 1. The molecule has 0 aromatic carbocycles. The quantitative estimate of drug-likeness (QED) is 0.841. The van der Waals surface area contributed by atoms with Crippen LogP contribution in [0.25, 0.3) is 0 Å². The minimum Gasteiger partial charge on any atom is -0.477 e. The second-order valence-corrected chi connectivity index (χ2v) is 5.80. The number of hydrogen-bond acceptors (Lipinski definition) is 5. The Bertz CT molecular complexity index is 450. The molecule has 0 aromatic rings. The summed E-state index contributed by atoms with van der Waals surface area (Å²) in [5.74, 6) is -0.479. The Morgan fingerprint density at radius 1 is 1.40 bits per heavy atom. The summed E-state index contributed by atoms with van der Waals surface area (Å²) in [4.78, 5) is 29.7. The van der Waals surface area contributed by atoms with Crippen LogP contribution in [0.2, 0.25) is 0 Å². The molecule has 3 aliphatic rings. The van der Waals surface area contributed by atoms with Gasteiger partial charge in [0, 0.05) is 32.4 Å². The van der Waals surface area contributed by atoms with Crippen molar-refractivity contribution in [1.82, 2.24) is 4.90 Å². The number of aliphatic carboxylic acids is 1. The average molecular weight is 282 g/mol. The van der Waals surface area contributed by atoms with E-state index in [1.165, 1.54) is 0 Å². The smallest absolute Gasteiger partial charge is 0.409 e. The Labute approximate surface area is 116 Å². The van der Waals surface area contributed by atoms with Gasteiger partial charge >= 0.3 is 12.1 Å². The normalized spacial score (nSPS) is 24.2. The van der Waals surface area contributed by atoms with E-state index in [1.807, 2.05) is 0 Å². The number of carboxylic acid groups (broad SMARTS) is 1. The van der Waals surface area contributed by atoms with Crippen molar-refractivity contribution in [3.8, 4) is 0 Å². The monoisotopic (exact) mass is 282 g/mol. The lowest BCUT2D eigenvalue weighted by molar-refractivity contribution is -0.129. The van der Waals surface area contributed by atoms with E-state index in [0.29, 0.717) is 44.9 Å². The van der Waals surface area contributed by atoms with E-state index in [0.717, 1.165) is 12.8 Å².